The summed E-state index contributed by atoms with van der Waals surface area (Å²) in [7, 11) is 0. The molecule has 0 spiro atoms. The van der Waals surface area contributed by atoms with Crippen LogP contribution in [-0.2, 0) is 0 Å². The Labute approximate surface area is 59.3 Å². The van der Waals surface area contributed by atoms with Gasteiger partial charge in [-0.1, -0.05) is 0 Å². The molecule has 0 atom stereocenters. The lowest BCUT2D eigenvalue weighted by Crippen LogP contribution is -2.43. The Morgan fingerprint density at radius 1 is 1.70 bits per heavy atom. The van der Waals surface area contributed by atoms with E-state index in [1.807, 2.05) is 0 Å². The van der Waals surface area contributed by atoms with E-state index >= 15 is 0 Å². The summed E-state index contributed by atoms with van der Waals surface area (Å²) in [6.07, 6.45) is 0. The molecule has 0 amide bonds. The van der Waals surface area contributed by atoms with Crippen LogP contribution in [-0.4, -0.2) is 25.1 Å². The maximum absolute atomic E-state index is 8.48. The van der Waals surface area contributed by atoms with Crippen LogP contribution in [0.1, 0.15) is 0 Å². The summed E-state index contributed by atoms with van der Waals surface area (Å²) >= 11 is 0. The summed E-state index contributed by atoms with van der Waals surface area (Å²) in [5.74, 6) is 0.604. The van der Waals surface area contributed by atoms with Crippen molar-refractivity contribution in [1.29, 1.82) is 0 Å². The van der Waals surface area contributed by atoms with Gasteiger partial charge in [0, 0.05) is 6.54 Å². The third kappa shape index (κ3) is 1.52. The van der Waals surface area contributed by atoms with E-state index in [1.54, 1.807) is 0 Å². The van der Waals surface area contributed by atoms with Crippen molar-refractivity contribution in [2.24, 2.45) is 5.73 Å². The monoisotopic (exact) mass is 144 g/mol. The molecule has 10 heavy (non-hydrogen) atoms. The number of hydrogen-bond acceptors (Lipinski definition) is 5. The summed E-state index contributed by atoms with van der Waals surface area (Å²) in [6.45, 7) is 1.28. The van der Waals surface area contributed by atoms with Gasteiger partial charge >= 0.3 is 0 Å². The van der Waals surface area contributed by atoms with Gasteiger partial charge < -0.3 is 21.5 Å². The van der Waals surface area contributed by atoms with Gasteiger partial charge in [-0.15, -0.1) is 0 Å². The molecule has 1 heterocycles. The lowest BCUT2D eigenvalue weighted by Gasteiger charge is -2.20. The Balaban J connectivity index is 2.50. The number of nitrogens with two attached hydrogens (primary N) is 1. The fraction of sp³-hybridized carbons (Fsp3) is 0.600. The van der Waals surface area contributed by atoms with Crippen molar-refractivity contribution in [2.45, 2.75) is 0 Å². The number of nitrogens with one attached hydrogen (secondary N) is 3. The van der Waals surface area contributed by atoms with Crippen molar-refractivity contribution in [3.63, 3.8) is 0 Å². The second kappa shape index (κ2) is 3.28. The van der Waals surface area contributed by atoms with E-state index in [2.05, 4.69) is 16.0 Å². The molecule has 1 aliphatic rings. The van der Waals surface area contributed by atoms with Gasteiger partial charge in [0.15, 0.2) is 0 Å². The topological polar surface area (TPSA) is 82.3 Å². The van der Waals surface area contributed by atoms with E-state index in [-0.39, 0.29) is 6.73 Å². The van der Waals surface area contributed by atoms with E-state index in [1.165, 1.54) is 0 Å². The molecule has 1 aliphatic heterocycles. The summed E-state index contributed by atoms with van der Waals surface area (Å²) in [4.78, 5) is 0. The standard InChI is InChI=1S/C5H12N4O/c6-5-4(9-3-10)1-7-2-8-5/h7-10H,1-3,6H2. The quantitative estimate of drug-likeness (QED) is 0.284. The van der Waals surface area contributed by atoms with Gasteiger partial charge in [-0.2, -0.15) is 0 Å². The van der Waals surface area contributed by atoms with Crippen LogP contribution in [0.2, 0.25) is 0 Å². The second-order valence-corrected chi connectivity index (χ2v) is 2.01. The maximum atomic E-state index is 8.48. The molecule has 0 aliphatic carbocycles. The van der Waals surface area contributed by atoms with E-state index in [0.29, 0.717) is 19.0 Å². The molecule has 0 aromatic heterocycles. The van der Waals surface area contributed by atoms with Gasteiger partial charge in [-0.25, -0.2) is 0 Å². The van der Waals surface area contributed by atoms with Crippen molar-refractivity contribution < 1.29 is 5.11 Å². The maximum Gasteiger partial charge on any atom is 0.118 e. The average molecular weight is 144 g/mol. The van der Waals surface area contributed by atoms with Crippen LogP contribution in [0.15, 0.2) is 11.5 Å². The molecule has 0 bridgehead atoms. The van der Waals surface area contributed by atoms with Gasteiger partial charge in [-0.3, -0.25) is 5.32 Å². The predicted octanol–water partition coefficient (Wildman–Crippen LogP) is -2.20. The minimum absolute atomic E-state index is 0.0839. The zero-order valence-electron chi connectivity index (χ0n) is 5.65. The summed E-state index contributed by atoms with van der Waals surface area (Å²) < 4.78 is 0. The Bertz CT molecular complexity index is 145. The van der Waals surface area contributed by atoms with Crippen molar-refractivity contribution in [3.8, 4) is 0 Å². The summed E-state index contributed by atoms with van der Waals surface area (Å²) in [5.41, 5.74) is 6.33. The molecule has 5 heteroatoms. The summed E-state index contributed by atoms with van der Waals surface area (Å²) in [6, 6.07) is 0. The first-order valence-electron chi connectivity index (χ1n) is 3.12. The average Bonchev–Trinajstić information content (AvgIpc) is 1.94. The molecule has 0 radical (unpaired) electrons. The summed E-state index contributed by atoms with van der Waals surface area (Å²) in [5, 5.41) is 17.1. The minimum Gasteiger partial charge on any atom is -0.384 e. The molecule has 0 saturated heterocycles. The lowest BCUT2D eigenvalue weighted by atomic mass is 10.4. The third-order valence-electron chi connectivity index (χ3n) is 1.32. The lowest BCUT2D eigenvalue weighted by molar-refractivity contribution is 0.270. The fourth-order valence-electron chi connectivity index (χ4n) is 0.800. The molecule has 0 aromatic rings. The Morgan fingerprint density at radius 3 is 3.10 bits per heavy atom. The highest BCUT2D eigenvalue weighted by Gasteiger charge is 2.06. The van der Waals surface area contributed by atoms with Crippen molar-refractivity contribution in [1.82, 2.24) is 16.0 Å². The number of hydrogen-bond donors (Lipinski definition) is 5. The predicted molar refractivity (Wildman–Crippen MR) is 37.4 cm³/mol. The van der Waals surface area contributed by atoms with Gasteiger partial charge in [-0.05, 0) is 0 Å². The molecular weight excluding hydrogens is 132 g/mol. The number of aliphatic hydroxyl groups excluding tert-OH is 1. The van der Waals surface area contributed by atoms with E-state index in [4.69, 9.17) is 10.8 Å². The molecule has 0 unspecified atom stereocenters. The van der Waals surface area contributed by atoms with Crippen LogP contribution in [0.4, 0.5) is 0 Å². The SMILES string of the molecule is NC1=C(NCO)CNCN1. The first-order chi connectivity index (χ1) is 4.84. The Hall–Kier alpha value is -0.940. The molecule has 0 aromatic carbocycles. The highest BCUT2D eigenvalue weighted by Crippen LogP contribution is 1.92. The number of aliphatic hydroxyl groups is 1. The van der Waals surface area contributed by atoms with Gasteiger partial charge in [0.2, 0.25) is 0 Å². The zero-order valence-corrected chi connectivity index (χ0v) is 5.65. The highest BCUT2D eigenvalue weighted by atomic mass is 16.3. The van der Waals surface area contributed by atoms with Crippen LogP contribution in [0.5, 0.6) is 0 Å². The molecule has 6 N–H and O–H groups in total. The van der Waals surface area contributed by atoms with Gasteiger partial charge in [0.25, 0.3) is 0 Å². The zero-order chi connectivity index (χ0) is 7.40. The van der Waals surface area contributed by atoms with Crippen LogP contribution >= 0.6 is 0 Å². The van der Waals surface area contributed by atoms with Crippen molar-refractivity contribution >= 4 is 0 Å². The smallest absolute Gasteiger partial charge is 0.118 e. The first-order valence-corrected chi connectivity index (χ1v) is 3.12. The van der Waals surface area contributed by atoms with Gasteiger partial charge in [0.1, 0.15) is 12.6 Å². The molecule has 0 saturated carbocycles. The Kier molecular flexibility index (Phi) is 2.35. The second-order valence-electron chi connectivity index (χ2n) is 2.01. The minimum atomic E-state index is -0.0839. The third-order valence-corrected chi connectivity index (χ3v) is 1.32. The normalized spacial score (nSPS) is 18.5. The molecular formula is C5H12N4O. The molecule has 58 valence electrons. The van der Waals surface area contributed by atoms with Crippen LogP contribution in [0, 0.1) is 0 Å². The molecule has 1 rings (SSSR count). The Morgan fingerprint density at radius 2 is 2.50 bits per heavy atom. The molecule has 5 nitrogen and oxygen atoms in total. The van der Waals surface area contributed by atoms with Crippen LogP contribution < -0.4 is 21.7 Å². The molecule has 0 fully saturated rings. The van der Waals surface area contributed by atoms with Crippen molar-refractivity contribution in [3.05, 3.63) is 11.5 Å². The van der Waals surface area contributed by atoms with Crippen LogP contribution in [0.25, 0.3) is 0 Å². The highest BCUT2D eigenvalue weighted by molar-refractivity contribution is 5.11. The van der Waals surface area contributed by atoms with Gasteiger partial charge in [0.05, 0.1) is 12.4 Å². The first kappa shape index (κ1) is 7.17. The van der Waals surface area contributed by atoms with E-state index in [9.17, 15) is 0 Å². The van der Waals surface area contributed by atoms with E-state index < -0.39 is 0 Å². The van der Waals surface area contributed by atoms with Crippen molar-refractivity contribution in [2.75, 3.05) is 19.9 Å². The fourth-order valence-corrected chi connectivity index (χ4v) is 0.800. The van der Waals surface area contributed by atoms with Crippen LogP contribution in [0.3, 0.4) is 0 Å². The number of rotatable bonds is 2. The largest absolute Gasteiger partial charge is 0.384 e. The van der Waals surface area contributed by atoms with E-state index in [0.717, 1.165) is 5.70 Å².